The quantitative estimate of drug-likeness (QED) is 0.529. The molecule has 0 atom stereocenters. The van der Waals surface area contributed by atoms with E-state index in [1.807, 2.05) is 24.3 Å². The second-order valence-electron chi connectivity index (χ2n) is 2.26. The van der Waals surface area contributed by atoms with E-state index in [1.165, 1.54) is 10.8 Å². The molecule has 62 valence electrons. The molecule has 0 heterocycles. The molecule has 12 heavy (non-hydrogen) atoms. The maximum Gasteiger partial charge on any atom is 0 e. The molecule has 2 rings (SSSR count). The first kappa shape index (κ1) is 11.5. The van der Waals surface area contributed by atoms with Gasteiger partial charge >= 0.3 is 0 Å². The number of hydrogen-bond donors (Lipinski definition) is 0. The van der Waals surface area contributed by atoms with Gasteiger partial charge in [0.1, 0.15) is 0 Å². The molecule has 0 aliphatic rings. The largest absolute Gasteiger partial charge is 1.00 e. The third-order valence-electron chi connectivity index (χ3n) is 1.57. The second kappa shape index (κ2) is 5.21. The zero-order valence-electron chi connectivity index (χ0n) is 6.30. The summed E-state index contributed by atoms with van der Waals surface area (Å²) in [7, 11) is 0. The van der Waals surface area contributed by atoms with E-state index in [1.54, 1.807) is 0 Å². The molecule has 0 aromatic heterocycles. The standard InChI is InChI=1S/C10H7.ClH.Mn/c1-2-6-10-8-4-3-7-9(10)5-1;;/h1-7H;1H;/p-1. The van der Waals surface area contributed by atoms with Gasteiger partial charge in [-0.2, -0.15) is 0 Å². The Morgan fingerprint density at radius 3 is 2.33 bits per heavy atom. The predicted octanol–water partition coefficient (Wildman–Crippen LogP) is -0.359. The summed E-state index contributed by atoms with van der Waals surface area (Å²) in [5.74, 6) is 0. The van der Waals surface area contributed by atoms with E-state index in [0.29, 0.717) is 0 Å². The summed E-state index contributed by atoms with van der Waals surface area (Å²) in [4.78, 5) is 0. The molecule has 0 spiro atoms. The summed E-state index contributed by atoms with van der Waals surface area (Å²) in [5, 5.41) is 2.44. The van der Waals surface area contributed by atoms with Crippen molar-refractivity contribution in [1.29, 1.82) is 0 Å². The Hall–Kier alpha value is -0.491. The van der Waals surface area contributed by atoms with Crippen LogP contribution < -0.4 is 12.4 Å². The van der Waals surface area contributed by atoms with Gasteiger partial charge in [0.15, 0.2) is 0 Å². The van der Waals surface area contributed by atoms with Gasteiger partial charge in [0, 0.05) is 17.1 Å². The molecule has 0 saturated heterocycles. The van der Waals surface area contributed by atoms with E-state index in [0.717, 1.165) is 0 Å². The van der Waals surface area contributed by atoms with Crippen LogP contribution in [0, 0.1) is 6.07 Å². The zero-order valence-corrected chi connectivity index (χ0v) is 8.23. The van der Waals surface area contributed by atoms with Crippen LogP contribution in [0.1, 0.15) is 0 Å². The van der Waals surface area contributed by atoms with Gasteiger partial charge in [0.05, 0.1) is 0 Å². The Balaban J connectivity index is 0.000000605. The minimum absolute atomic E-state index is 0. The average Bonchev–Trinajstić information content (AvgIpc) is 2.05. The molecule has 2 aromatic carbocycles. The first-order valence-corrected chi connectivity index (χ1v) is 3.32. The van der Waals surface area contributed by atoms with Crippen LogP contribution in [0.4, 0.5) is 0 Å². The van der Waals surface area contributed by atoms with E-state index in [4.69, 9.17) is 0 Å². The molecule has 0 aliphatic heterocycles. The van der Waals surface area contributed by atoms with Crippen molar-refractivity contribution in [3.8, 4) is 0 Å². The van der Waals surface area contributed by atoms with Crippen molar-refractivity contribution in [2.75, 3.05) is 0 Å². The van der Waals surface area contributed by atoms with Crippen LogP contribution in [0.3, 0.4) is 0 Å². The molecule has 2 radical (unpaired) electrons. The van der Waals surface area contributed by atoms with Crippen molar-refractivity contribution in [3.63, 3.8) is 0 Å². The van der Waals surface area contributed by atoms with E-state index < -0.39 is 0 Å². The number of rotatable bonds is 0. The van der Waals surface area contributed by atoms with E-state index in [-0.39, 0.29) is 29.5 Å². The Morgan fingerprint density at radius 2 is 1.58 bits per heavy atom. The van der Waals surface area contributed by atoms with Gasteiger partial charge in [-0.15, -0.1) is 0 Å². The summed E-state index contributed by atoms with van der Waals surface area (Å²) < 4.78 is 0. The summed E-state index contributed by atoms with van der Waals surface area (Å²) in [6.07, 6.45) is 0. The van der Waals surface area contributed by atoms with E-state index >= 15 is 0 Å². The second-order valence-corrected chi connectivity index (χ2v) is 2.26. The van der Waals surface area contributed by atoms with Gasteiger partial charge in [-0.1, -0.05) is 42.5 Å². The molecule has 0 bridgehead atoms. The fourth-order valence-electron chi connectivity index (χ4n) is 1.06. The van der Waals surface area contributed by atoms with E-state index in [2.05, 4.69) is 24.3 Å². The fourth-order valence-corrected chi connectivity index (χ4v) is 1.06. The molecule has 0 saturated carbocycles. The number of halogens is 1. The minimum atomic E-state index is 0. The molecule has 0 unspecified atom stereocenters. The zero-order chi connectivity index (χ0) is 6.81. The molecule has 0 N–H and O–H groups in total. The molecular weight excluding hydrogens is 211 g/mol. The van der Waals surface area contributed by atoms with Gasteiger partial charge in [0.25, 0.3) is 0 Å². The molecular formula is C10H7ClMn-. The van der Waals surface area contributed by atoms with Crippen LogP contribution in [0.2, 0.25) is 0 Å². The Bertz CT molecular complexity index is 281. The Kier molecular flexibility index (Phi) is 4.99. The SMILES string of the molecule is [Cl-].[Mn].[c]1cccc2ccccc12. The van der Waals surface area contributed by atoms with E-state index in [9.17, 15) is 0 Å². The van der Waals surface area contributed by atoms with Crippen LogP contribution in [-0.4, -0.2) is 0 Å². The smallest absolute Gasteiger partial charge is 0 e. The summed E-state index contributed by atoms with van der Waals surface area (Å²) in [6.45, 7) is 0. The van der Waals surface area contributed by atoms with Crippen LogP contribution in [0.25, 0.3) is 10.8 Å². The first-order valence-electron chi connectivity index (χ1n) is 3.32. The number of benzene rings is 2. The van der Waals surface area contributed by atoms with Crippen LogP contribution in [0.15, 0.2) is 42.5 Å². The predicted molar refractivity (Wildman–Crippen MR) is 42.8 cm³/mol. The maximum absolute atomic E-state index is 3.15. The number of hydrogen-bond acceptors (Lipinski definition) is 0. The van der Waals surface area contributed by atoms with Crippen molar-refractivity contribution >= 4 is 10.8 Å². The van der Waals surface area contributed by atoms with Crippen molar-refractivity contribution in [3.05, 3.63) is 48.5 Å². The van der Waals surface area contributed by atoms with Crippen molar-refractivity contribution in [1.82, 2.24) is 0 Å². The Morgan fingerprint density at radius 1 is 0.917 bits per heavy atom. The van der Waals surface area contributed by atoms with Gasteiger partial charge in [0.2, 0.25) is 0 Å². The Labute approximate surface area is 88.9 Å². The van der Waals surface area contributed by atoms with Gasteiger partial charge in [-0.3, -0.25) is 0 Å². The van der Waals surface area contributed by atoms with Crippen molar-refractivity contribution in [2.45, 2.75) is 0 Å². The monoisotopic (exact) mass is 217 g/mol. The van der Waals surface area contributed by atoms with Gasteiger partial charge < -0.3 is 12.4 Å². The minimum Gasteiger partial charge on any atom is -1.00 e. The van der Waals surface area contributed by atoms with Gasteiger partial charge in [-0.25, -0.2) is 0 Å². The van der Waals surface area contributed by atoms with Crippen molar-refractivity contribution < 1.29 is 29.5 Å². The summed E-state index contributed by atoms with van der Waals surface area (Å²) in [6, 6.07) is 17.4. The topological polar surface area (TPSA) is 0 Å². The average molecular weight is 218 g/mol. The first-order chi connectivity index (χ1) is 4.97. The number of fused-ring (bicyclic) bond motifs is 1. The third-order valence-corrected chi connectivity index (χ3v) is 1.57. The van der Waals surface area contributed by atoms with Crippen LogP contribution in [-0.2, 0) is 17.1 Å². The third kappa shape index (κ3) is 2.25. The normalized spacial score (nSPS) is 8.33. The molecule has 0 nitrogen and oxygen atoms in total. The van der Waals surface area contributed by atoms with Crippen LogP contribution in [0.5, 0.6) is 0 Å². The fraction of sp³-hybridized carbons (Fsp3) is 0. The summed E-state index contributed by atoms with van der Waals surface area (Å²) >= 11 is 0. The molecule has 0 fully saturated rings. The van der Waals surface area contributed by atoms with Gasteiger partial charge in [-0.05, 0) is 16.8 Å². The molecule has 0 amide bonds. The van der Waals surface area contributed by atoms with Crippen LogP contribution >= 0.6 is 0 Å². The molecule has 2 heteroatoms. The molecule has 2 aromatic rings. The van der Waals surface area contributed by atoms with Crippen molar-refractivity contribution in [2.24, 2.45) is 0 Å². The summed E-state index contributed by atoms with van der Waals surface area (Å²) in [5.41, 5.74) is 0. The maximum atomic E-state index is 3.15. The molecule has 0 aliphatic carbocycles.